The molecule has 3 atom stereocenters. The third kappa shape index (κ3) is 6.66. The van der Waals surface area contributed by atoms with Crippen molar-refractivity contribution in [3.05, 3.63) is 35.9 Å². The summed E-state index contributed by atoms with van der Waals surface area (Å²) >= 11 is 0. The second-order valence-electron chi connectivity index (χ2n) is 5.43. The first-order valence-corrected chi connectivity index (χ1v) is 7.68. The van der Waals surface area contributed by atoms with Gasteiger partial charge in [-0.2, -0.15) is 0 Å². The van der Waals surface area contributed by atoms with Crippen molar-refractivity contribution in [3.8, 4) is 0 Å². The van der Waals surface area contributed by atoms with Gasteiger partial charge in [0, 0.05) is 0 Å². The van der Waals surface area contributed by atoms with Gasteiger partial charge in [0.05, 0.1) is 12.1 Å². The molecule has 1 aromatic carbocycles. The average molecular weight is 323 g/mol. The lowest BCUT2D eigenvalue weighted by atomic mass is 10.0. The van der Waals surface area contributed by atoms with Crippen LogP contribution in [0.4, 0.5) is 4.79 Å². The van der Waals surface area contributed by atoms with E-state index in [0.717, 1.165) is 5.56 Å². The molecule has 0 heterocycles. The van der Waals surface area contributed by atoms with Crippen molar-refractivity contribution in [3.63, 3.8) is 0 Å². The maximum Gasteiger partial charge on any atom is 0.404 e. The number of carboxylic acid groups (broad SMARTS) is 1. The molecule has 0 saturated heterocycles. The van der Waals surface area contributed by atoms with Gasteiger partial charge in [-0.3, -0.25) is 4.79 Å². The van der Waals surface area contributed by atoms with E-state index in [1.165, 1.54) is 0 Å². The summed E-state index contributed by atoms with van der Waals surface area (Å²) in [4.78, 5) is 23.0. The third-order valence-corrected chi connectivity index (χ3v) is 3.59. The second kappa shape index (κ2) is 9.81. The van der Waals surface area contributed by atoms with Crippen molar-refractivity contribution in [2.24, 2.45) is 5.73 Å². The molecule has 0 spiro atoms. The summed E-state index contributed by atoms with van der Waals surface area (Å²) in [6.45, 7) is 2.28. The Hall–Kier alpha value is -2.12. The molecule has 0 aliphatic heterocycles. The van der Waals surface area contributed by atoms with E-state index in [-0.39, 0.29) is 6.04 Å². The van der Waals surface area contributed by atoms with Gasteiger partial charge in [0.2, 0.25) is 0 Å². The Balaban J connectivity index is 2.64. The maximum atomic E-state index is 12.2. The molecule has 0 fully saturated rings. The summed E-state index contributed by atoms with van der Waals surface area (Å²) < 4.78 is 0. The van der Waals surface area contributed by atoms with E-state index in [4.69, 9.17) is 10.8 Å². The van der Waals surface area contributed by atoms with Crippen LogP contribution in [-0.4, -0.2) is 40.9 Å². The number of rotatable bonds is 9. The van der Waals surface area contributed by atoms with Gasteiger partial charge in [-0.25, -0.2) is 4.79 Å². The minimum absolute atomic E-state index is 0.284. The number of carbonyl (C=O) groups excluding carboxylic acids is 1. The van der Waals surface area contributed by atoms with Crippen molar-refractivity contribution >= 4 is 12.0 Å². The number of benzene rings is 1. The van der Waals surface area contributed by atoms with Crippen LogP contribution in [0, 0.1) is 0 Å². The highest BCUT2D eigenvalue weighted by molar-refractivity contribution is 5.82. The monoisotopic (exact) mass is 323 g/mol. The quantitative estimate of drug-likeness (QED) is 0.433. The first-order valence-electron chi connectivity index (χ1n) is 7.68. The first-order chi connectivity index (χ1) is 11.0. The summed E-state index contributed by atoms with van der Waals surface area (Å²) in [6.07, 6.45) is -1.05. The highest BCUT2D eigenvalue weighted by Crippen LogP contribution is 2.12. The van der Waals surface area contributed by atoms with Crippen LogP contribution < -0.4 is 16.4 Å². The lowest BCUT2D eigenvalue weighted by Gasteiger charge is -2.24. The van der Waals surface area contributed by atoms with Crippen molar-refractivity contribution in [1.82, 2.24) is 10.6 Å². The number of nitrogens with two attached hydrogens (primary N) is 1. The lowest BCUT2D eigenvalue weighted by Crippen LogP contribution is -2.50. The van der Waals surface area contributed by atoms with E-state index in [0.29, 0.717) is 25.8 Å². The van der Waals surface area contributed by atoms with E-state index in [1.54, 1.807) is 6.92 Å². The molecule has 7 nitrogen and oxygen atoms in total. The van der Waals surface area contributed by atoms with Gasteiger partial charge in [-0.05, 0) is 31.9 Å². The topological polar surface area (TPSA) is 125 Å². The predicted molar refractivity (Wildman–Crippen MR) is 86.9 cm³/mol. The maximum absolute atomic E-state index is 12.2. The third-order valence-electron chi connectivity index (χ3n) is 3.59. The number of carbonyl (C=O) groups is 2. The van der Waals surface area contributed by atoms with Crippen LogP contribution in [0.2, 0.25) is 0 Å². The molecule has 1 rings (SSSR count). The zero-order chi connectivity index (χ0) is 17.2. The van der Waals surface area contributed by atoms with Crippen LogP contribution in [0.3, 0.4) is 0 Å². The molecule has 23 heavy (non-hydrogen) atoms. The van der Waals surface area contributed by atoms with E-state index in [9.17, 15) is 14.7 Å². The van der Waals surface area contributed by atoms with Gasteiger partial charge in [0.1, 0.15) is 0 Å². The fraction of sp³-hybridized carbons (Fsp3) is 0.500. The van der Waals surface area contributed by atoms with Crippen molar-refractivity contribution in [2.75, 3.05) is 6.54 Å². The highest BCUT2D eigenvalue weighted by Gasteiger charge is 2.28. The summed E-state index contributed by atoms with van der Waals surface area (Å²) in [6, 6.07) is 8.18. The number of unbranched alkanes of at least 4 members (excludes halogenated alkanes) is 1. The predicted octanol–water partition coefficient (Wildman–Crippen LogP) is 0.990. The van der Waals surface area contributed by atoms with Crippen LogP contribution in [0.5, 0.6) is 0 Å². The minimum Gasteiger partial charge on any atom is -0.465 e. The summed E-state index contributed by atoms with van der Waals surface area (Å²) in [5.41, 5.74) is 6.31. The normalized spacial score (nSPS) is 14.6. The highest BCUT2D eigenvalue weighted by atomic mass is 16.4. The second-order valence-corrected chi connectivity index (χ2v) is 5.43. The molecule has 0 aliphatic carbocycles. The Kier molecular flexibility index (Phi) is 8.07. The molecule has 0 bridgehead atoms. The Morgan fingerprint density at radius 1 is 1.17 bits per heavy atom. The van der Waals surface area contributed by atoms with E-state index in [1.807, 2.05) is 30.3 Å². The van der Waals surface area contributed by atoms with E-state index in [2.05, 4.69) is 10.6 Å². The van der Waals surface area contributed by atoms with Crippen LogP contribution in [0.1, 0.15) is 37.8 Å². The molecule has 0 aromatic heterocycles. The Morgan fingerprint density at radius 2 is 1.83 bits per heavy atom. The summed E-state index contributed by atoms with van der Waals surface area (Å²) in [7, 11) is 0. The van der Waals surface area contributed by atoms with Gasteiger partial charge in [0.25, 0.3) is 5.91 Å². The Morgan fingerprint density at radius 3 is 2.39 bits per heavy atom. The largest absolute Gasteiger partial charge is 0.465 e. The van der Waals surface area contributed by atoms with Gasteiger partial charge < -0.3 is 26.6 Å². The number of aliphatic hydroxyl groups is 1. The first kappa shape index (κ1) is 18.9. The zero-order valence-electron chi connectivity index (χ0n) is 13.2. The van der Waals surface area contributed by atoms with Crippen LogP contribution >= 0.6 is 0 Å². The molecule has 1 unspecified atom stereocenters. The molecular formula is C16H25N3O4. The molecule has 2 amide bonds. The average Bonchev–Trinajstić information content (AvgIpc) is 2.53. The number of hydrogen-bond donors (Lipinski definition) is 5. The fourth-order valence-electron chi connectivity index (χ4n) is 2.28. The van der Waals surface area contributed by atoms with Gasteiger partial charge in [0.15, 0.2) is 6.10 Å². The van der Waals surface area contributed by atoms with Crippen LogP contribution in [0.15, 0.2) is 30.3 Å². The van der Waals surface area contributed by atoms with Crippen molar-refractivity contribution in [2.45, 2.75) is 44.4 Å². The fourth-order valence-corrected chi connectivity index (χ4v) is 2.28. The number of amides is 2. The molecule has 0 aliphatic rings. The summed E-state index contributed by atoms with van der Waals surface area (Å²) in [5.74, 6) is -0.604. The zero-order valence-corrected chi connectivity index (χ0v) is 13.2. The van der Waals surface area contributed by atoms with Gasteiger partial charge >= 0.3 is 6.09 Å². The molecule has 0 saturated carbocycles. The molecule has 128 valence electrons. The number of aliphatic hydroxyl groups excluding tert-OH is 1. The smallest absolute Gasteiger partial charge is 0.404 e. The number of nitrogens with one attached hydrogen (secondary N) is 2. The Bertz CT molecular complexity index is 495. The number of hydrogen-bond acceptors (Lipinski definition) is 4. The molecule has 6 N–H and O–H groups in total. The SMILES string of the molecule is C[C@@H](NC(=O)C(O)[C@H](CCCCN)NC(=O)O)c1ccccc1. The summed E-state index contributed by atoms with van der Waals surface area (Å²) in [5, 5.41) is 23.9. The minimum atomic E-state index is -1.45. The van der Waals surface area contributed by atoms with Crippen LogP contribution in [0.25, 0.3) is 0 Å². The van der Waals surface area contributed by atoms with Gasteiger partial charge in [-0.15, -0.1) is 0 Å². The van der Waals surface area contributed by atoms with E-state index < -0.39 is 24.1 Å². The molecule has 0 radical (unpaired) electrons. The van der Waals surface area contributed by atoms with Crippen molar-refractivity contribution < 1.29 is 19.8 Å². The molecular weight excluding hydrogens is 298 g/mol. The standard InChI is InChI=1S/C16H25N3O4/c1-11(12-7-3-2-4-8-12)18-15(21)14(20)13(19-16(22)23)9-5-6-10-17/h2-4,7-8,11,13-14,19-20H,5-6,9-10,17H2,1H3,(H,18,21)(H,22,23)/t11-,13+,14?/m1/s1. The van der Waals surface area contributed by atoms with Crippen LogP contribution in [-0.2, 0) is 4.79 Å². The molecule has 1 aromatic rings. The molecule has 7 heteroatoms. The Labute approximate surface area is 135 Å². The van der Waals surface area contributed by atoms with Crippen molar-refractivity contribution in [1.29, 1.82) is 0 Å². The van der Waals surface area contributed by atoms with E-state index >= 15 is 0 Å². The lowest BCUT2D eigenvalue weighted by molar-refractivity contribution is -0.131. The van der Waals surface area contributed by atoms with Gasteiger partial charge in [-0.1, -0.05) is 36.8 Å².